The lowest BCUT2D eigenvalue weighted by Gasteiger charge is -2.19. The highest BCUT2D eigenvalue weighted by molar-refractivity contribution is 5.84. The molecule has 7 N–H and O–H groups in total. The molecule has 1 saturated heterocycles. The van der Waals surface area contributed by atoms with Crippen LogP contribution in [0.3, 0.4) is 0 Å². The zero-order chi connectivity index (χ0) is 33.5. The first-order valence-corrected chi connectivity index (χ1v) is 15.9. The predicted molar refractivity (Wildman–Crippen MR) is 180 cm³/mol. The van der Waals surface area contributed by atoms with Crippen molar-refractivity contribution in [3.8, 4) is 11.1 Å². The Hall–Kier alpha value is -5.08. The van der Waals surface area contributed by atoms with E-state index in [-0.39, 0.29) is 12.4 Å². The first kappa shape index (κ1) is 32.8. The largest absolute Gasteiger partial charge is 0.445 e. The van der Waals surface area contributed by atoms with Gasteiger partial charge >= 0.3 is 6.09 Å². The SMILES string of the molecule is Nc1ncnc2c1nc(NCc1ccc(-c3cccc(CCCCNC(=O)OCc4ccccc4)c3)cc1)n2[C@@H]1O[C@H](CO)[C@@H](O)[C@H]1O. The molecule has 5 aromatic rings. The fraction of sp³-hybridized carbons (Fsp3) is 0.314. The van der Waals surface area contributed by atoms with E-state index in [1.165, 1.54) is 16.5 Å². The van der Waals surface area contributed by atoms with Crippen LogP contribution < -0.4 is 16.4 Å². The van der Waals surface area contributed by atoms with Gasteiger partial charge in [0.15, 0.2) is 23.2 Å². The molecule has 0 saturated carbocycles. The van der Waals surface area contributed by atoms with E-state index in [9.17, 15) is 20.1 Å². The van der Waals surface area contributed by atoms with E-state index in [2.05, 4.69) is 62.0 Å². The summed E-state index contributed by atoms with van der Waals surface area (Å²) in [5, 5.41) is 36.7. The summed E-state index contributed by atoms with van der Waals surface area (Å²) in [5.74, 6) is 0.485. The van der Waals surface area contributed by atoms with Gasteiger partial charge in [0, 0.05) is 13.1 Å². The number of alkyl carbamates (subject to hydrolysis) is 1. The second-order valence-electron chi connectivity index (χ2n) is 11.7. The van der Waals surface area contributed by atoms with Gasteiger partial charge in [0.05, 0.1) is 6.61 Å². The number of aryl methyl sites for hydroxylation is 1. The molecule has 0 bridgehead atoms. The number of unbranched alkanes of at least 4 members (excludes halogenated alkanes) is 1. The molecular weight excluding hydrogens is 614 g/mol. The molecule has 1 aliphatic rings. The maximum atomic E-state index is 12.0. The van der Waals surface area contributed by atoms with E-state index < -0.39 is 37.2 Å². The Balaban J connectivity index is 1.03. The van der Waals surface area contributed by atoms with Crippen molar-refractivity contribution in [3.63, 3.8) is 0 Å². The molecule has 1 aliphatic heterocycles. The maximum Gasteiger partial charge on any atom is 0.407 e. The van der Waals surface area contributed by atoms with Crippen molar-refractivity contribution in [3.05, 3.63) is 102 Å². The van der Waals surface area contributed by atoms with Crippen LogP contribution in [0, 0.1) is 0 Å². The fourth-order valence-electron chi connectivity index (χ4n) is 5.71. The molecule has 0 aliphatic carbocycles. The standard InChI is InChI=1S/C35H39N7O6/c36-31-28-32(40-21-39-31)42(33-30(45)29(44)27(19-43)48-33)34(41-28)38-18-23-12-14-25(15-13-23)26-11-6-10-22(17-26)7-4-5-16-37-35(46)47-20-24-8-2-1-3-9-24/h1-3,6,8-15,17,21,27,29-30,33,43-45H,4-5,7,16,18-20H2,(H,37,46)(H,38,41)(H2,36,39,40)/t27-,29-,30-,33-/m1/s1. The number of anilines is 2. The van der Waals surface area contributed by atoms with Crippen LogP contribution in [0.25, 0.3) is 22.3 Å². The number of nitrogen functional groups attached to an aromatic ring is 1. The number of carbonyl (C=O) groups is 1. The van der Waals surface area contributed by atoms with Gasteiger partial charge in [-0.2, -0.15) is 0 Å². The molecule has 0 radical (unpaired) electrons. The van der Waals surface area contributed by atoms with Gasteiger partial charge in [-0.3, -0.25) is 4.57 Å². The van der Waals surface area contributed by atoms with Gasteiger partial charge < -0.3 is 41.2 Å². The van der Waals surface area contributed by atoms with Crippen LogP contribution in [0.4, 0.5) is 16.6 Å². The topological polar surface area (TPSA) is 190 Å². The van der Waals surface area contributed by atoms with Gasteiger partial charge in [-0.1, -0.05) is 78.9 Å². The number of aliphatic hydroxyl groups is 3. The van der Waals surface area contributed by atoms with Crippen LogP contribution in [0.1, 0.15) is 35.8 Å². The van der Waals surface area contributed by atoms with Gasteiger partial charge in [-0.05, 0) is 47.1 Å². The highest BCUT2D eigenvalue weighted by Gasteiger charge is 2.45. The molecule has 1 fully saturated rings. The van der Waals surface area contributed by atoms with Crippen LogP contribution in [0.15, 0.2) is 85.2 Å². The van der Waals surface area contributed by atoms with E-state index in [4.69, 9.17) is 15.2 Å². The molecule has 48 heavy (non-hydrogen) atoms. The van der Waals surface area contributed by atoms with Gasteiger partial charge in [0.25, 0.3) is 0 Å². The number of hydrogen-bond donors (Lipinski definition) is 6. The van der Waals surface area contributed by atoms with Crippen LogP contribution in [-0.2, 0) is 29.0 Å². The van der Waals surface area contributed by atoms with Crippen molar-refractivity contribution >= 4 is 29.0 Å². The zero-order valence-electron chi connectivity index (χ0n) is 26.3. The predicted octanol–water partition coefficient (Wildman–Crippen LogP) is 3.55. The summed E-state index contributed by atoms with van der Waals surface area (Å²) in [6.45, 7) is 0.741. The molecule has 3 aromatic carbocycles. The third-order valence-electron chi connectivity index (χ3n) is 8.32. The molecule has 0 spiro atoms. The second-order valence-corrected chi connectivity index (χ2v) is 11.7. The third-order valence-corrected chi connectivity index (χ3v) is 8.32. The molecule has 4 atom stereocenters. The number of nitrogens with one attached hydrogen (secondary N) is 2. The Morgan fingerprint density at radius 2 is 1.71 bits per heavy atom. The number of amides is 1. The third kappa shape index (κ3) is 7.55. The molecule has 3 heterocycles. The Bertz CT molecular complexity index is 1820. The number of aliphatic hydroxyl groups excluding tert-OH is 3. The first-order valence-electron chi connectivity index (χ1n) is 15.9. The van der Waals surface area contributed by atoms with Gasteiger partial charge in [-0.15, -0.1) is 0 Å². The Kier molecular flexibility index (Phi) is 10.4. The van der Waals surface area contributed by atoms with Crippen LogP contribution in [0.5, 0.6) is 0 Å². The minimum Gasteiger partial charge on any atom is -0.445 e. The zero-order valence-corrected chi connectivity index (χ0v) is 26.3. The number of ether oxygens (including phenoxy) is 2. The average molecular weight is 654 g/mol. The molecular formula is C35H39N7O6. The van der Waals surface area contributed by atoms with Gasteiger partial charge in [-0.25, -0.2) is 19.7 Å². The van der Waals surface area contributed by atoms with E-state index in [0.29, 0.717) is 30.2 Å². The highest BCUT2D eigenvalue weighted by Crippen LogP contribution is 2.35. The van der Waals surface area contributed by atoms with Crippen LogP contribution in [-0.4, -0.2) is 72.4 Å². The van der Waals surface area contributed by atoms with E-state index in [1.54, 1.807) is 0 Å². The average Bonchev–Trinajstić information content (AvgIpc) is 3.63. The number of imidazole rings is 1. The summed E-state index contributed by atoms with van der Waals surface area (Å²) < 4.78 is 12.6. The lowest BCUT2D eigenvalue weighted by Crippen LogP contribution is -2.33. The normalized spacial score (nSPS) is 19.0. The van der Waals surface area contributed by atoms with E-state index in [1.807, 2.05) is 42.5 Å². The smallest absolute Gasteiger partial charge is 0.407 e. The monoisotopic (exact) mass is 653 g/mol. The van der Waals surface area contributed by atoms with Crippen molar-refractivity contribution in [2.75, 3.05) is 24.2 Å². The molecule has 13 heteroatoms. The lowest BCUT2D eigenvalue weighted by molar-refractivity contribution is -0.0501. The van der Waals surface area contributed by atoms with Crippen molar-refractivity contribution in [1.29, 1.82) is 0 Å². The molecule has 0 unspecified atom stereocenters. The molecule has 1 amide bonds. The maximum absolute atomic E-state index is 12.0. The number of aromatic nitrogens is 4. The van der Waals surface area contributed by atoms with Crippen molar-refractivity contribution in [2.24, 2.45) is 0 Å². The number of carbonyl (C=O) groups excluding carboxylic acids is 1. The Labute approximate surface area is 277 Å². The van der Waals surface area contributed by atoms with Crippen LogP contribution in [0.2, 0.25) is 0 Å². The number of fused-ring (bicyclic) bond motifs is 1. The number of nitrogens with two attached hydrogens (primary N) is 1. The van der Waals surface area contributed by atoms with Gasteiger partial charge in [0.2, 0.25) is 5.95 Å². The Morgan fingerprint density at radius 1 is 0.917 bits per heavy atom. The van der Waals surface area contributed by atoms with Crippen molar-refractivity contribution in [1.82, 2.24) is 24.8 Å². The highest BCUT2D eigenvalue weighted by atomic mass is 16.6. The minimum absolute atomic E-state index is 0.163. The molecule has 6 rings (SSSR count). The summed E-state index contributed by atoms with van der Waals surface area (Å²) in [6, 6.07) is 26.2. The first-order chi connectivity index (χ1) is 23.4. The quantitative estimate of drug-likeness (QED) is 0.102. The molecule has 2 aromatic heterocycles. The summed E-state index contributed by atoms with van der Waals surface area (Å²) in [4.78, 5) is 24.8. The van der Waals surface area contributed by atoms with Crippen molar-refractivity contribution in [2.45, 2.75) is 57.0 Å². The second kappa shape index (κ2) is 15.2. The van der Waals surface area contributed by atoms with Crippen molar-refractivity contribution < 1.29 is 29.6 Å². The van der Waals surface area contributed by atoms with Gasteiger partial charge in [0.1, 0.15) is 31.2 Å². The summed E-state index contributed by atoms with van der Waals surface area (Å²) >= 11 is 0. The van der Waals surface area contributed by atoms with E-state index >= 15 is 0 Å². The molecule has 250 valence electrons. The fourth-order valence-corrected chi connectivity index (χ4v) is 5.71. The molecule has 13 nitrogen and oxygen atoms in total. The van der Waals surface area contributed by atoms with Crippen LogP contribution >= 0.6 is 0 Å². The number of benzene rings is 3. The number of hydrogen-bond acceptors (Lipinski definition) is 11. The van der Waals surface area contributed by atoms with E-state index in [0.717, 1.165) is 41.5 Å². The minimum atomic E-state index is -1.32. The Morgan fingerprint density at radius 3 is 2.48 bits per heavy atom. The summed E-state index contributed by atoms with van der Waals surface area (Å²) in [5.41, 5.74) is 12.0. The lowest BCUT2D eigenvalue weighted by atomic mass is 9.99. The number of nitrogens with zero attached hydrogens (tertiary/aromatic N) is 4. The number of rotatable bonds is 13. The summed E-state index contributed by atoms with van der Waals surface area (Å²) in [7, 11) is 0. The summed E-state index contributed by atoms with van der Waals surface area (Å²) in [6.07, 6.45) is -1.07.